The molecular weight excluding hydrogens is 346 g/mol. The van der Waals surface area contributed by atoms with E-state index in [-0.39, 0.29) is 0 Å². The highest BCUT2D eigenvalue weighted by Gasteiger charge is 2.14. The van der Waals surface area contributed by atoms with E-state index in [4.69, 9.17) is 4.74 Å². The minimum atomic E-state index is 0.478. The Kier molecular flexibility index (Phi) is 4.02. The molecule has 0 saturated heterocycles. The number of para-hydroxylation sites is 1. The Morgan fingerprint density at radius 3 is 2.36 bits per heavy atom. The van der Waals surface area contributed by atoms with Crippen molar-refractivity contribution in [2.75, 3.05) is 0 Å². The number of ether oxygens (including phenoxy) is 1. The van der Waals surface area contributed by atoms with Crippen LogP contribution in [0.5, 0.6) is 5.75 Å². The number of nitrogens with zero attached hydrogens (tertiary/aromatic N) is 3. The average Bonchev–Trinajstić information content (AvgIpc) is 3.09. The van der Waals surface area contributed by atoms with E-state index in [0.29, 0.717) is 6.61 Å². The third kappa shape index (κ3) is 2.89. The third-order valence-corrected chi connectivity index (χ3v) is 4.92. The second kappa shape index (κ2) is 6.82. The maximum absolute atomic E-state index is 6.12. The van der Waals surface area contributed by atoms with Crippen LogP contribution in [0.4, 0.5) is 0 Å². The van der Waals surface area contributed by atoms with Crippen molar-refractivity contribution in [1.82, 2.24) is 14.6 Å². The lowest BCUT2D eigenvalue weighted by atomic mass is 10.0. The van der Waals surface area contributed by atoms with Crippen molar-refractivity contribution in [3.8, 4) is 16.9 Å². The van der Waals surface area contributed by atoms with Crippen molar-refractivity contribution in [3.63, 3.8) is 0 Å². The maximum atomic E-state index is 6.12. The lowest BCUT2D eigenvalue weighted by Gasteiger charge is -2.07. The standard InChI is InChI=1S/C24H19N3O/c1-17-23(24-25-15-21-9-5-6-10-22(21)27(24)26-17)28-16-18-11-13-20(14-12-18)19-7-3-2-4-8-19/h2-15H,16H2,1H3. The maximum Gasteiger partial charge on any atom is 0.198 e. The zero-order valence-corrected chi connectivity index (χ0v) is 15.5. The van der Waals surface area contributed by atoms with Crippen LogP contribution in [0.2, 0.25) is 0 Å². The van der Waals surface area contributed by atoms with Crippen LogP contribution in [-0.2, 0) is 6.61 Å². The van der Waals surface area contributed by atoms with Gasteiger partial charge in [-0.2, -0.15) is 5.10 Å². The van der Waals surface area contributed by atoms with E-state index in [1.165, 1.54) is 11.1 Å². The van der Waals surface area contributed by atoms with Crippen LogP contribution in [0.3, 0.4) is 0 Å². The number of rotatable bonds is 4. The molecule has 0 radical (unpaired) electrons. The van der Waals surface area contributed by atoms with Gasteiger partial charge >= 0.3 is 0 Å². The molecule has 0 atom stereocenters. The van der Waals surface area contributed by atoms with Crippen molar-refractivity contribution in [2.45, 2.75) is 13.5 Å². The van der Waals surface area contributed by atoms with Crippen molar-refractivity contribution in [3.05, 3.63) is 96.3 Å². The summed E-state index contributed by atoms with van der Waals surface area (Å²) in [6.45, 7) is 2.43. The molecule has 0 fully saturated rings. The third-order valence-electron chi connectivity index (χ3n) is 4.92. The van der Waals surface area contributed by atoms with Gasteiger partial charge < -0.3 is 4.74 Å². The van der Waals surface area contributed by atoms with Crippen molar-refractivity contribution >= 4 is 16.6 Å². The zero-order chi connectivity index (χ0) is 18.9. The average molecular weight is 365 g/mol. The Bertz CT molecular complexity index is 1260. The number of hydrogen-bond acceptors (Lipinski definition) is 3. The molecule has 0 unspecified atom stereocenters. The normalized spacial score (nSPS) is 11.2. The summed E-state index contributed by atoms with van der Waals surface area (Å²) in [5.41, 5.74) is 6.13. The molecule has 4 nitrogen and oxygen atoms in total. The van der Waals surface area contributed by atoms with Gasteiger partial charge in [-0.1, -0.05) is 72.8 Å². The number of benzene rings is 3. The molecule has 3 aromatic carbocycles. The van der Waals surface area contributed by atoms with Crippen LogP contribution in [-0.4, -0.2) is 14.6 Å². The minimum Gasteiger partial charge on any atom is -0.483 e. The van der Waals surface area contributed by atoms with Gasteiger partial charge in [0.2, 0.25) is 0 Å². The predicted molar refractivity (Wildman–Crippen MR) is 111 cm³/mol. The molecule has 4 heteroatoms. The summed E-state index contributed by atoms with van der Waals surface area (Å²) in [6, 6.07) is 26.9. The van der Waals surface area contributed by atoms with Gasteiger partial charge in [-0.15, -0.1) is 0 Å². The van der Waals surface area contributed by atoms with E-state index in [2.05, 4.69) is 58.6 Å². The molecule has 0 bridgehead atoms. The van der Waals surface area contributed by atoms with Crippen LogP contribution < -0.4 is 4.74 Å². The monoisotopic (exact) mass is 365 g/mol. The molecule has 136 valence electrons. The first-order chi connectivity index (χ1) is 13.8. The molecule has 0 aliphatic carbocycles. The van der Waals surface area contributed by atoms with Gasteiger partial charge in [0.15, 0.2) is 11.4 Å². The van der Waals surface area contributed by atoms with Crippen LogP contribution in [0.15, 0.2) is 85.1 Å². The molecule has 5 aromatic rings. The van der Waals surface area contributed by atoms with E-state index < -0.39 is 0 Å². The largest absolute Gasteiger partial charge is 0.483 e. The van der Waals surface area contributed by atoms with Crippen molar-refractivity contribution in [2.24, 2.45) is 0 Å². The molecule has 28 heavy (non-hydrogen) atoms. The van der Waals surface area contributed by atoms with Crippen LogP contribution >= 0.6 is 0 Å². The highest BCUT2D eigenvalue weighted by Crippen LogP contribution is 2.27. The lowest BCUT2D eigenvalue weighted by Crippen LogP contribution is -1.97. The number of aromatic nitrogens is 3. The Morgan fingerprint density at radius 1 is 0.821 bits per heavy atom. The summed E-state index contributed by atoms with van der Waals surface area (Å²) in [5.74, 6) is 0.734. The molecule has 2 aromatic heterocycles. The molecule has 0 saturated carbocycles. The van der Waals surface area contributed by atoms with Crippen LogP contribution in [0, 0.1) is 6.92 Å². The van der Waals surface area contributed by atoms with Gasteiger partial charge in [-0.3, -0.25) is 0 Å². The number of aryl methyl sites for hydroxylation is 1. The molecule has 2 heterocycles. The van der Waals surface area contributed by atoms with E-state index in [9.17, 15) is 0 Å². The molecule has 0 spiro atoms. The fourth-order valence-corrected chi connectivity index (χ4v) is 3.45. The first-order valence-corrected chi connectivity index (χ1v) is 9.30. The van der Waals surface area contributed by atoms with Crippen molar-refractivity contribution in [1.29, 1.82) is 0 Å². The van der Waals surface area contributed by atoms with Gasteiger partial charge in [0.05, 0.1) is 5.52 Å². The van der Waals surface area contributed by atoms with E-state index in [1.54, 1.807) is 0 Å². The summed E-state index contributed by atoms with van der Waals surface area (Å²) in [5, 5.41) is 5.69. The van der Waals surface area contributed by atoms with Gasteiger partial charge in [-0.05, 0) is 29.7 Å². The fourth-order valence-electron chi connectivity index (χ4n) is 3.45. The number of fused-ring (bicyclic) bond motifs is 3. The molecule has 0 aliphatic rings. The summed E-state index contributed by atoms with van der Waals surface area (Å²) < 4.78 is 7.98. The first-order valence-electron chi connectivity index (χ1n) is 9.30. The number of hydrogen-bond donors (Lipinski definition) is 0. The molecule has 0 amide bonds. The summed E-state index contributed by atoms with van der Waals surface area (Å²) in [4.78, 5) is 4.57. The van der Waals surface area contributed by atoms with Gasteiger partial charge in [-0.25, -0.2) is 9.50 Å². The second-order valence-corrected chi connectivity index (χ2v) is 6.82. The van der Waals surface area contributed by atoms with E-state index >= 15 is 0 Å². The Hall–Kier alpha value is -3.66. The second-order valence-electron chi connectivity index (χ2n) is 6.82. The highest BCUT2D eigenvalue weighted by atomic mass is 16.5. The lowest BCUT2D eigenvalue weighted by molar-refractivity contribution is 0.307. The quantitative estimate of drug-likeness (QED) is 0.426. The molecular formula is C24H19N3O. The Labute approximate surface area is 163 Å². The van der Waals surface area contributed by atoms with Gasteiger partial charge in [0.25, 0.3) is 0 Å². The summed E-state index contributed by atoms with van der Waals surface area (Å²) in [6.07, 6.45) is 1.87. The van der Waals surface area contributed by atoms with Crippen molar-refractivity contribution < 1.29 is 4.74 Å². The van der Waals surface area contributed by atoms with Crippen LogP contribution in [0.1, 0.15) is 11.3 Å². The van der Waals surface area contributed by atoms with Crippen LogP contribution in [0.25, 0.3) is 27.7 Å². The Balaban J connectivity index is 1.41. The zero-order valence-electron chi connectivity index (χ0n) is 15.5. The van der Waals surface area contributed by atoms with Gasteiger partial charge in [0.1, 0.15) is 12.3 Å². The fraction of sp³-hybridized carbons (Fsp3) is 0.0833. The van der Waals surface area contributed by atoms with E-state index in [0.717, 1.165) is 33.6 Å². The minimum absolute atomic E-state index is 0.478. The summed E-state index contributed by atoms with van der Waals surface area (Å²) in [7, 11) is 0. The summed E-state index contributed by atoms with van der Waals surface area (Å²) >= 11 is 0. The predicted octanol–water partition coefficient (Wildman–Crippen LogP) is 5.44. The van der Waals surface area contributed by atoms with Gasteiger partial charge in [0, 0.05) is 11.6 Å². The topological polar surface area (TPSA) is 39.4 Å². The smallest absolute Gasteiger partial charge is 0.198 e. The SMILES string of the molecule is Cc1nn2c(ncc3ccccc32)c1OCc1ccc(-c2ccccc2)cc1. The molecule has 0 aliphatic heterocycles. The molecule has 5 rings (SSSR count). The Morgan fingerprint density at radius 2 is 1.54 bits per heavy atom. The molecule has 0 N–H and O–H groups in total. The first kappa shape index (κ1) is 16.5. The van der Waals surface area contributed by atoms with E-state index in [1.807, 2.05) is 48.0 Å². The highest BCUT2D eigenvalue weighted by molar-refractivity contribution is 5.81.